The van der Waals surface area contributed by atoms with Crippen molar-refractivity contribution in [1.82, 2.24) is 9.97 Å². The number of thioether (sulfide) groups is 1. The maximum absolute atomic E-state index is 12.6. The van der Waals surface area contributed by atoms with E-state index in [0.717, 1.165) is 0 Å². The highest BCUT2D eigenvalue weighted by molar-refractivity contribution is 7.98. The first-order valence-electron chi connectivity index (χ1n) is 5.88. The Morgan fingerprint density at radius 1 is 1.36 bits per heavy atom. The molecule has 116 valence electrons. The molecule has 0 atom stereocenters. The zero-order valence-electron chi connectivity index (χ0n) is 11.2. The molecule has 2 aromatic rings. The van der Waals surface area contributed by atoms with Crippen LogP contribution in [-0.4, -0.2) is 27.2 Å². The van der Waals surface area contributed by atoms with E-state index >= 15 is 0 Å². The van der Waals surface area contributed by atoms with Crippen LogP contribution in [0.15, 0.2) is 35.6 Å². The van der Waals surface area contributed by atoms with Crippen LogP contribution in [0.1, 0.15) is 15.9 Å². The third kappa shape index (κ3) is 3.48. The molecule has 2 heterocycles. The summed E-state index contributed by atoms with van der Waals surface area (Å²) < 4.78 is 37.9. The molecule has 9 heteroatoms. The fraction of sp³-hybridized carbons (Fsp3) is 0.154. The summed E-state index contributed by atoms with van der Waals surface area (Å²) in [4.78, 5) is 19.8. The molecule has 0 fully saturated rings. The van der Waals surface area contributed by atoms with Crippen LogP contribution in [0.3, 0.4) is 0 Å². The van der Waals surface area contributed by atoms with Gasteiger partial charge in [-0.25, -0.2) is 4.98 Å². The van der Waals surface area contributed by atoms with Crippen LogP contribution in [0.2, 0.25) is 0 Å². The van der Waals surface area contributed by atoms with Gasteiger partial charge in [-0.3, -0.25) is 9.78 Å². The van der Waals surface area contributed by atoms with E-state index in [1.807, 2.05) is 0 Å². The molecule has 2 N–H and O–H groups in total. The number of aromatic hydroxyl groups is 1. The minimum absolute atomic E-state index is 0.235. The molecular weight excluding hydrogens is 319 g/mol. The summed E-state index contributed by atoms with van der Waals surface area (Å²) in [5, 5.41) is 11.7. The highest BCUT2D eigenvalue weighted by Gasteiger charge is 2.32. The molecule has 0 aliphatic carbocycles. The Balaban J connectivity index is 2.32. The molecule has 5 nitrogen and oxygen atoms in total. The lowest BCUT2D eigenvalue weighted by Gasteiger charge is -2.11. The van der Waals surface area contributed by atoms with Gasteiger partial charge in [-0.2, -0.15) is 13.2 Å². The van der Waals surface area contributed by atoms with Crippen molar-refractivity contribution in [3.05, 3.63) is 41.9 Å². The zero-order chi connectivity index (χ0) is 16.3. The highest BCUT2D eigenvalue weighted by Crippen LogP contribution is 2.33. The Labute approximate surface area is 127 Å². The van der Waals surface area contributed by atoms with E-state index in [-0.39, 0.29) is 5.56 Å². The Kier molecular flexibility index (Phi) is 4.55. The van der Waals surface area contributed by atoms with Crippen molar-refractivity contribution in [3.63, 3.8) is 0 Å². The van der Waals surface area contributed by atoms with Crippen LogP contribution in [0.4, 0.5) is 18.9 Å². The van der Waals surface area contributed by atoms with Crippen LogP contribution in [0.25, 0.3) is 0 Å². The standard InChI is InChI=1S/C13H10F3N3O2S/c1-22-10-6-17-3-2-8(10)11(20)19-9-4-7(13(14,15)16)5-18-12(9)21/h2-6H,1H3,(H,18,21)(H,19,20). The first kappa shape index (κ1) is 16.1. The zero-order valence-corrected chi connectivity index (χ0v) is 12.0. The average Bonchev–Trinajstić information content (AvgIpc) is 2.48. The van der Waals surface area contributed by atoms with E-state index in [1.54, 1.807) is 6.26 Å². The Hall–Kier alpha value is -2.29. The Bertz CT molecular complexity index is 707. The molecule has 0 bridgehead atoms. The van der Waals surface area contributed by atoms with E-state index in [2.05, 4.69) is 15.3 Å². The number of hydrogen-bond acceptors (Lipinski definition) is 5. The van der Waals surface area contributed by atoms with Gasteiger partial charge in [-0.15, -0.1) is 11.8 Å². The van der Waals surface area contributed by atoms with Crippen LogP contribution >= 0.6 is 11.8 Å². The summed E-state index contributed by atoms with van der Waals surface area (Å²) in [6.45, 7) is 0. The fourth-order valence-corrected chi connectivity index (χ4v) is 2.17. The number of carbonyl (C=O) groups is 1. The molecule has 2 rings (SSSR count). The van der Waals surface area contributed by atoms with Crippen molar-refractivity contribution >= 4 is 23.4 Å². The summed E-state index contributed by atoms with van der Waals surface area (Å²) in [6, 6.07) is 2.05. The fourth-order valence-electron chi connectivity index (χ4n) is 1.62. The number of nitrogens with one attached hydrogen (secondary N) is 1. The number of carbonyl (C=O) groups excluding carboxylic acids is 1. The van der Waals surface area contributed by atoms with Crippen LogP contribution in [-0.2, 0) is 6.18 Å². The molecule has 0 radical (unpaired) electrons. The van der Waals surface area contributed by atoms with Gasteiger partial charge in [-0.1, -0.05) is 0 Å². The minimum atomic E-state index is -4.62. The average molecular weight is 329 g/mol. The third-order valence-electron chi connectivity index (χ3n) is 2.69. The third-order valence-corrected chi connectivity index (χ3v) is 3.46. The van der Waals surface area contributed by atoms with Crippen molar-refractivity contribution in [2.24, 2.45) is 0 Å². The normalized spacial score (nSPS) is 11.3. The van der Waals surface area contributed by atoms with E-state index in [4.69, 9.17) is 0 Å². The van der Waals surface area contributed by atoms with Crippen molar-refractivity contribution in [1.29, 1.82) is 0 Å². The van der Waals surface area contributed by atoms with Gasteiger partial charge in [0.1, 0.15) is 5.69 Å². The number of rotatable bonds is 3. The second kappa shape index (κ2) is 6.22. The number of halogens is 3. The number of amides is 1. The molecule has 2 aromatic heterocycles. The number of nitrogens with zero attached hydrogens (tertiary/aromatic N) is 2. The van der Waals surface area contributed by atoms with Crippen molar-refractivity contribution in [2.75, 3.05) is 11.6 Å². The summed E-state index contributed by atoms with van der Waals surface area (Å²) in [5.41, 5.74) is -1.25. The Morgan fingerprint density at radius 3 is 2.73 bits per heavy atom. The van der Waals surface area contributed by atoms with Crippen LogP contribution in [0, 0.1) is 0 Å². The molecular formula is C13H10F3N3O2S. The molecule has 1 amide bonds. The first-order valence-corrected chi connectivity index (χ1v) is 7.11. The summed E-state index contributed by atoms with van der Waals surface area (Å²) in [7, 11) is 0. The molecule has 0 aromatic carbocycles. The van der Waals surface area contributed by atoms with Crippen LogP contribution in [0.5, 0.6) is 5.88 Å². The lowest BCUT2D eigenvalue weighted by Crippen LogP contribution is -2.15. The SMILES string of the molecule is CSc1cnccc1C(=O)Nc1cc(C(F)(F)F)cnc1O. The van der Waals surface area contributed by atoms with Gasteiger partial charge < -0.3 is 10.4 Å². The summed E-state index contributed by atoms with van der Waals surface area (Å²) in [6.07, 6.45) is 0.450. The molecule has 22 heavy (non-hydrogen) atoms. The van der Waals surface area contributed by atoms with Gasteiger partial charge in [0.25, 0.3) is 5.91 Å². The second-order valence-corrected chi connectivity index (χ2v) is 4.97. The topological polar surface area (TPSA) is 75.1 Å². The second-order valence-electron chi connectivity index (χ2n) is 4.12. The van der Waals surface area contributed by atoms with Crippen molar-refractivity contribution in [3.8, 4) is 5.88 Å². The van der Waals surface area contributed by atoms with Gasteiger partial charge in [0, 0.05) is 23.5 Å². The lowest BCUT2D eigenvalue weighted by molar-refractivity contribution is -0.137. The molecule has 0 saturated heterocycles. The summed E-state index contributed by atoms with van der Waals surface area (Å²) >= 11 is 1.26. The van der Waals surface area contributed by atoms with Gasteiger partial charge in [0.05, 0.1) is 11.1 Å². The van der Waals surface area contributed by atoms with Crippen molar-refractivity contribution in [2.45, 2.75) is 11.1 Å². The largest absolute Gasteiger partial charge is 0.492 e. The Morgan fingerprint density at radius 2 is 2.09 bits per heavy atom. The molecule has 0 aliphatic heterocycles. The van der Waals surface area contributed by atoms with E-state index in [0.29, 0.717) is 17.2 Å². The smallest absolute Gasteiger partial charge is 0.417 e. The number of hydrogen-bond donors (Lipinski definition) is 2. The number of aromatic nitrogens is 2. The molecule has 0 spiro atoms. The van der Waals surface area contributed by atoms with Gasteiger partial charge in [-0.05, 0) is 18.4 Å². The number of anilines is 1. The monoisotopic (exact) mass is 329 g/mol. The van der Waals surface area contributed by atoms with Gasteiger partial charge in [0.15, 0.2) is 0 Å². The van der Waals surface area contributed by atoms with Crippen molar-refractivity contribution < 1.29 is 23.1 Å². The quantitative estimate of drug-likeness (QED) is 0.846. The van der Waals surface area contributed by atoms with E-state index < -0.39 is 29.2 Å². The molecule has 0 unspecified atom stereocenters. The maximum atomic E-state index is 12.6. The molecule has 0 aliphatic rings. The van der Waals surface area contributed by atoms with Crippen LogP contribution < -0.4 is 5.32 Å². The number of alkyl halides is 3. The predicted molar refractivity (Wildman–Crippen MR) is 74.9 cm³/mol. The highest BCUT2D eigenvalue weighted by atomic mass is 32.2. The van der Waals surface area contributed by atoms with Gasteiger partial charge >= 0.3 is 6.18 Å². The van der Waals surface area contributed by atoms with Gasteiger partial charge in [0.2, 0.25) is 5.88 Å². The minimum Gasteiger partial charge on any atom is -0.492 e. The number of pyridine rings is 2. The molecule has 0 saturated carbocycles. The maximum Gasteiger partial charge on any atom is 0.417 e. The first-order chi connectivity index (χ1) is 10.3. The van der Waals surface area contributed by atoms with E-state index in [1.165, 1.54) is 30.2 Å². The predicted octanol–water partition coefficient (Wildman–Crippen LogP) is 3.18. The summed E-state index contributed by atoms with van der Waals surface area (Å²) in [5.74, 6) is -1.36. The van der Waals surface area contributed by atoms with E-state index in [9.17, 15) is 23.1 Å². The lowest BCUT2D eigenvalue weighted by atomic mass is 10.2.